The average molecular weight is 345 g/mol. The van der Waals surface area contributed by atoms with Crippen molar-refractivity contribution in [3.05, 3.63) is 29.8 Å². The number of methoxy groups -OCH3 is 1. The van der Waals surface area contributed by atoms with Crippen LogP contribution < -0.4 is 4.90 Å². The molecule has 138 valence electrons. The van der Waals surface area contributed by atoms with E-state index in [4.69, 9.17) is 4.74 Å². The zero-order valence-electron chi connectivity index (χ0n) is 15.8. The van der Waals surface area contributed by atoms with E-state index in [1.165, 1.54) is 5.56 Å². The number of ether oxygens (including phenoxy) is 1. The molecule has 2 aliphatic rings. The molecule has 1 aromatic rings. The number of nitrogens with zero attached hydrogens (tertiary/aromatic N) is 3. The molecule has 0 radical (unpaired) electrons. The second kappa shape index (κ2) is 8.30. The Hall–Kier alpha value is -1.43. The molecule has 0 spiro atoms. The monoisotopic (exact) mass is 345 g/mol. The fourth-order valence-corrected chi connectivity index (χ4v) is 4.20. The standard InChI is InChI=1S/C20H31N3O2/c1-4-18-14-21(9-10-22(18)11-12-25-3)15-20(24)23-16(2)13-17-7-5-6-8-19(17)23/h5-8,16,18H,4,9-15H2,1-3H3/t16-,18-/m0/s1. The molecule has 25 heavy (non-hydrogen) atoms. The van der Waals surface area contributed by atoms with Crippen molar-refractivity contribution in [3.63, 3.8) is 0 Å². The lowest BCUT2D eigenvalue weighted by molar-refractivity contribution is -0.120. The highest BCUT2D eigenvalue weighted by Crippen LogP contribution is 2.32. The minimum atomic E-state index is 0.234. The average Bonchev–Trinajstić information content (AvgIpc) is 2.96. The Kier molecular flexibility index (Phi) is 6.10. The number of rotatable bonds is 6. The first-order chi connectivity index (χ1) is 12.1. The van der Waals surface area contributed by atoms with Crippen molar-refractivity contribution < 1.29 is 9.53 Å². The molecule has 2 aliphatic heterocycles. The predicted molar refractivity (Wildman–Crippen MR) is 101 cm³/mol. The number of fused-ring (bicyclic) bond motifs is 1. The van der Waals surface area contributed by atoms with E-state index in [1.807, 2.05) is 11.0 Å². The summed E-state index contributed by atoms with van der Waals surface area (Å²) in [5, 5.41) is 0. The van der Waals surface area contributed by atoms with Gasteiger partial charge in [-0.2, -0.15) is 0 Å². The van der Waals surface area contributed by atoms with Gasteiger partial charge in [-0.25, -0.2) is 0 Å². The summed E-state index contributed by atoms with van der Waals surface area (Å²) in [6.45, 7) is 9.59. The van der Waals surface area contributed by atoms with Crippen LogP contribution in [0.15, 0.2) is 24.3 Å². The van der Waals surface area contributed by atoms with Crippen molar-refractivity contribution in [2.45, 2.75) is 38.8 Å². The zero-order valence-corrected chi connectivity index (χ0v) is 15.8. The minimum Gasteiger partial charge on any atom is -0.383 e. The van der Waals surface area contributed by atoms with Gasteiger partial charge in [-0.05, 0) is 31.4 Å². The molecule has 0 saturated carbocycles. The normalized spacial score (nSPS) is 24.5. The lowest BCUT2D eigenvalue weighted by Gasteiger charge is -2.41. The van der Waals surface area contributed by atoms with E-state index in [9.17, 15) is 4.79 Å². The fourth-order valence-electron chi connectivity index (χ4n) is 4.20. The van der Waals surface area contributed by atoms with Crippen molar-refractivity contribution in [3.8, 4) is 0 Å². The first-order valence-corrected chi connectivity index (χ1v) is 9.49. The summed E-state index contributed by atoms with van der Waals surface area (Å²) in [5.74, 6) is 0.234. The molecule has 1 fully saturated rings. The second-order valence-electron chi connectivity index (χ2n) is 7.27. The summed E-state index contributed by atoms with van der Waals surface area (Å²) >= 11 is 0. The topological polar surface area (TPSA) is 36.0 Å². The van der Waals surface area contributed by atoms with Gasteiger partial charge in [-0.3, -0.25) is 14.6 Å². The lowest BCUT2D eigenvalue weighted by atomic mass is 10.1. The number of piperazine rings is 1. The van der Waals surface area contributed by atoms with Gasteiger partial charge in [0.05, 0.1) is 13.2 Å². The van der Waals surface area contributed by atoms with Crippen LogP contribution in [0, 0.1) is 0 Å². The summed E-state index contributed by atoms with van der Waals surface area (Å²) in [7, 11) is 1.75. The maximum atomic E-state index is 13.0. The SMILES string of the molecule is CC[C@H]1CN(CC(=O)N2c3ccccc3C[C@@H]2C)CCN1CCOC. The van der Waals surface area contributed by atoms with Gasteiger partial charge in [-0.15, -0.1) is 0 Å². The summed E-state index contributed by atoms with van der Waals surface area (Å²) in [4.78, 5) is 19.8. The number of anilines is 1. The lowest BCUT2D eigenvalue weighted by Crippen LogP contribution is -2.56. The Morgan fingerprint density at radius 1 is 1.28 bits per heavy atom. The summed E-state index contributed by atoms with van der Waals surface area (Å²) in [6, 6.07) is 9.08. The van der Waals surface area contributed by atoms with E-state index in [-0.39, 0.29) is 11.9 Å². The highest BCUT2D eigenvalue weighted by atomic mass is 16.5. The first kappa shape index (κ1) is 18.4. The number of hydrogen-bond acceptors (Lipinski definition) is 4. The third kappa shape index (κ3) is 4.05. The van der Waals surface area contributed by atoms with Gasteiger partial charge in [0, 0.05) is 51.1 Å². The van der Waals surface area contributed by atoms with Gasteiger partial charge in [0.2, 0.25) is 5.91 Å². The molecule has 0 N–H and O–H groups in total. The van der Waals surface area contributed by atoms with Gasteiger partial charge in [0.1, 0.15) is 0 Å². The zero-order chi connectivity index (χ0) is 17.8. The van der Waals surface area contributed by atoms with Crippen molar-refractivity contribution >= 4 is 11.6 Å². The molecule has 0 aliphatic carbocycles. The number of benzene rings is 1. The first-order valence-electron chi connectivity index (χ1n) is 9.49. The third-order valence-electron chi connectivity index (χ3n) is 5.58. The molecule has 2 atom stereocenters. The third-order valence-corrected chi connectivity index (χ3v) is 5.58. The highest BCUT2D eigenvalue weighted by molar-refractivity contribution is 5.97. The molecule has 0 aromatic heterocycles. The van der Waals surface area contributed by atoms with Crippen LogP contribution in [-0.4, -0.2) is 74.2 Å². The Morgan fingerprint density at radius 2 is 2.08 bits per heavy atom. The van der Waals surface area contributed by atoms with Crippen LogP contribution >= 0.6 is 0 Å². The number of amides is 1. The molecule has 3 rings (SSSR count). The molecular weight excluding hydrogens is 314 g/mol. The molecule has 1 aromatic carbocycles. The largest absolute Gasteiger partial charge is 0.383 e. The van der Waals surface area contributed by atoms with Crippen LogP contribution in [0.4, 0.5) is 5.69 Å². The van der Waals surface area contributed by atoms with Gasteiger partial charge in [-0.1, -0.05) is 25.1 Å². The maximum Gasteiger partial charge on any atom is 0.241 e. The van der Waals surface area contributed by atoms with E-state index < -0.39 is 0 Å². The molecule has 1 amide bonds. The Balaban J connectivity index is 1.60. The molecule has 5 heteroatoms. The van der Waals surface area contributed by atoms with Crippen LogP contribution in [0.25, 0.3) is 0 Å². The van der Waals surface area contributed by atoms with Crippen LogP contribution in [0.5, 0.6) is 0 Å². The molecule has 0 bridgehead atoms. The molecule has 2 heterocycles. The summed E-state index contributed by atoms with van der Waals surface area (Å²) in [5.41, 5.74) is 2.39. The Morgan fingerprint density at radius 3 is 2.84 bits per heavy atom. The van der Waals surface area contributed by atoms with Gasteiger partial charge < -0.3 is 9.64 Å². The number of hydrogen-bond donors (Lipinski definition) is 0. The van der Waals surface area contributed by atoms with Crippen molar-refractivity contribution in [2.75, 3.05) is 51.3 Å². The van der Waals surface area contributed by atoms with Gasteiger partial charge >= 0.3 is 0 Å². The number of para-hydroxylation sites is 1. The molecule has 0 unspecified atom stereocenters. The van der Waals surface area contributed by atoms with E-state index in [2.05, 4.69) is 41.8 Å². The summed E-state index contributed by atoms with van der Waals surface area (Å²) in [6.07, 6.45) is 2.07. The van der Waals surface area contributed by atoms with Crippen LogP contribution in [0.1, 0.15) is 25.8 Å². The minimum absolute atomic E-state index is 0.234. The molecule has 5 nitrogen and oxygen atoms in total. The summed E-state index contributed by atoms with van der Waals surface area (Å²) < 4.78 is 5.23. The second-order valence-corrected chi connectivity index (χ2v) is 7.27. The van der Waals surface area contributed by atoms with E-state index in [0.29, 0.717) is 12.6 Å². The Labute approximate surface area is 151 Å². The molecule has 1 saturated heterocycles. The maximum absolute atomic E-state index is 13.0. The van der Waals surface area contributed by atoms with Crippen LogP contribution in [-0.2, 0) is 16.0 Å². The van der Waals surface area contributed by atoms with Gasteiger partial charge in [0.15, 0.2) is 0 Å². The van der Waals surface area contributed by atoms with Crippen LogP contribution in [0.2, 0.25) is 0 Å². The Bertz CT molecular complexity index is 592. The van der Waals surface area contributed by atoms with E-state index in [0.717, 1.165) is 51.3 Å². The number of carbonyl (C=O) groups is 1. The highest BCUT2D eigenvalue weighted by Gasteiger charge is 2.33. The smallest absolute Gasteiger partial charge is 0.241 e. The predicted octanol–water partition coefficient (Wildman–Crippen LogP) is 2.01. The van der Waals surface area contributed by atoms with Gasteiger partial charge in [0.25, 0.3) is 0 Å². The fraction of sp³-hybridized carbons (Fsp3) is 0.650. The van der Waals surface area contributed by atoms with Crippen molar-refractivity contribution in [2.24, 2.45) is 0 Å². The molecular formula is C20H31N3O2. The quantitative estimate of drug-likeness (QED) is 0.790. The van der Waals surface area contributed by atoms with E-state index >= 15 is 0 Å². The van der Waals surface area contributed by atoms with Crippen molar-refractivity contribution in [1.82, 2.24) is 9.80 Å². The number of carbonyl (C=O) groups excluding carboxylic acids is 1. The van der Waals surface area contributed by atoms with E-state index in [1.54, 1.807) is 7.11 Å². The van der Waals surface area contributed by atoms with Crippen LogP contribution in [0.3, 0.4) is 0 Å². The van der Waals surface area contributed by atoms with Crippen molar-refractivity contribution in [1.29, 1.82) is 0 Å².